The number of rotatable bonds is 5. The highest BCUT2D eigenvalue weighted by atomic mass is 32.2. The lowest BCUT2D eigenvalue weighted by molar-refractivity contribution is 0.0604. The molecule has 7 nitrogen and oxygen atoms in total. The molecule has 1 saturated heterocycles. The SMILES string of the molecule is CNCc1c(S(=O)(=O)N2CCC(OC)CC2)n[nH]c1C. The summed E-state index contributed by atoms with van der Waals surface area (Å²) in [7, 11) is -0.0820. The van der Waals surface area contributed by atoms with Crippen molar-refractivity contribution in [1.29, 1.82) is 0 Å². The third-order valence-electron chi connectivity index (χ3n) is 3.71. The Morgan fingerprint density at radius 2 is 2.10 bits per heavy atom. The van der Waals surface area contributed by atoms with Gasteiger partial charge in [-0.1, -0.05) is 0 Å². The van der Waals surface area contributed by atoms with Gasteiger partial charge in [0, 0.05) is 38.0 Å². The molecule has 2 heterocycles. The Kier molecular flexibility index (Phi) is 4.79. The van der Waals surface area contributed by atoms with Crippen molar-refractivity contribution in [3.05, 3.63) is 11.3 Å². The Labute approximate surface area is 119 Å². The van der Waals surface area contributed by atoms with Crippen LogP contribution in [0.3, 0.4) is 0 Å². The molecule has 1 aliphatic rings. The van der Waals surface area contributed by atoms with Crippen LogP contribution in [0.15, 0.2) is 5.03 Å². The Morgan fingerprint density at radius 1 is 1.45 bits per heavy atom. The molecule has 0 spiro atoms. The van der Waals surface area contributed by atoms with Crippen molar-refractivity contribution in [1.82, 2.24) is 19.8 Å². The smallest absolute Gasteiger partial charge is 0.262 e. The Hall–Kier alpha value is -0.960. The van der Waals surface area contributed by atoms with Gasteiger partial charge in [-0.05, 0) is 26.8 Å². The van der Waals surface area contributed by atoms with Gasteiger partial charge in [-0.2, -0.15) is 9.40 Å². The lowest BCUT2D eigenvalue weighted by atomic mass is 10.1. The third kappa shape index (κ3) is 2.88. The molecule has 0 radical (unpaired) electrons. The van der Waals surface area contributed by atoms with Crippen LogP contribution in [0.4, 0.5) is 0 Å². The minimum atomic E-state index is -3.53. The Bertz CT molecular complexity index is 547. The van der Waals surface area contributed by atoms with Gasteiger partial charge in [-0.25, -0.2) is 8.42 Å². The van der Waals surface area contributed by atoms with Gasteiger partial charge in [0.1, 0.15) is 0 Å². The van der Waals surface area contributed by atoms with E-state index in [9.17, 15) is 8.42 Å². The average molecular weight is 302 g/mol. The molecule has 1 aromatic rings. The molecule has 2 N–H and O–H groups in total. The standard InChI is InChI=1S/C12H22N4O3S/c1-9-11(8-13-2)12(15-14-9)20(17,18)16-6-4-10(19-3)5-7-16/h10,13H,4-8H2,1-3H3,(H,14,15). The number of aromatic nitrogens is 2. The Morgan fingerprint density at radius 3 is 2.65 bits per heavy atom. The summed E-state index contributed by atoms with van der Waals surface area (Å²) in [5, 5.41) is 9.88. The van der Waals surface area contributed by atoms with E-state index in [1.54, 1.807) is 14.2 Å². The Balaban J connectivity index is 2.23. The number of ether oxygens (including phenoxy) is 1. The molecular formula is C12H22N4O3S. The summed E-state index contributed by atoms with van der Waals surface area (Å²) in [5.41, 5.74) is 1.49. The molecule has 0 atom stereocenters. The highest BCUT2D eigenvalue weighted by Crippen LogP contribution is 2.24. The number of H-pyrrole nitrogens is 1. The van der Waals surface area contributed by atoms with Crippen LogP contribution >= 0.6 is 0 Å². The van der Waals surface area contributed by atoms with Crippen molar-refractivity contribution in [2.45, 2.75) is 37.4 Å². The summed E-state index contributed by atoms with van der Waals surface area (Å²) in [6.07, 6.45) is 1.60. The maximum absolute atomic E-state index is 12.7. The number of sulfonamides is 1. The van der Waals surface area contributed by atoms with Gasteiger partial charge in [0.25, 0.3) is 10.0 Å². The van der Waals surface area contributed by atoms with Gasteiger partial charge in [-0.15, -0.1) is 0 Å². The number of aryl methyl sites for hydroxylation is 1. The third-order valence-corrected chi connectivity index (χ3v) is 5.58. The van der Waals surface area contributed by atoms with E-state index in [2.05, 4.69) is 15.5 Å². The lowest BCUT2D eigenvalue weighted by Crippen LogP contribution is -2.41. The van der Waals surface area contributed by atoms with E-state index in [0.717, 1.165) is 18.5 Å². The van der Waals surface area contributed by atoms with Crippen molar-refractivity contribution in [3.63, 3.8) is 0 Å². The van der Waals surface area contributed by atoms with Crippen molar-refractivity contribution in [2.75, 3.05) is 27.2 Å². The molecule has 0 aromatic carbocycles. The predicted molar refractivity (Wildman–Crippen MR) is 74.9 cm³/mol. The molecule has 0 saturated carbocycles. The summed E-state index contributed by atoms with van der Waals surface area (Å²) in [6, 6.07) is 0. The molecular weight excluding hydrogens is 280 g/mol. The van der Waals surface area contributed by atoms with Gasteiger partial charge in [0.05, 0.1) is 6.10 Å². The van der Waals surface area contributed by atoms with E-state index in [1.165, 1.54) is 4.31 Å². The van der Waals surface area contributed by atoms with E-state index >= 15 is 0 Å². The number of nitrogens with one attached hydrogen (secondary N) is 2. The van der Waals surface area contributed by atoms with E-state index in [-0.39, 0.29) is 11.1 Å². The zero-order chi connectivity index (χ0) is 14.8. The van der Waals surface area contributed by atoms with Crippen LogP contribution in [0.25, 0.3) is 0 Å². The number of methoxy groups -OCH3 is 1. The molecule has 2 rings (SSSR count). The summed E-state index contributed by atoms with van der Waals surface area (Å²) >= 11 is 0. The van der Waals surface area contributed by atoms with Crippen LogP contribution in [-0.4, -0.2) is 56.3 Å². The quantitative estimate of drug-likeness (QED) is 0.813. The van der Waals surface area contributed by atoms with Crippen molar-refractivity contribution < 1.29 is 13.2 Å². The first kappa shape index (κ1) is 15.4. The predicted octanol–water partition coefficient (Wildman–Crippen LogP) is 0.237. The minimum absolute atomic E-state index is 0.139. The minimum Gasteiger partial charge on any atom is -0.381 e. The highest BCUT2D eigenvalue weighted by molar-refractivity contribution is 7.89. The first-order valence-electron chi connectivity index (χ1n) is 6.72. The van der Waals surface area contributed by atoms with Gasteiger partial charge in [-0.3, -0.25) is 5.10 Å². The highest BCUT2D eigenvalue weighted by Gasteiger charge is 2.33. The van der Waals surface area contributed by atoms with Crippen LogP contribution in [-0.2, 0) is 21.3 Å². The zero-order valence-corrected chi connectivity index (χ0v) is 13.0. The van der Waals surface area contributed by atoms with Crippen molar-refractivity contribution in [3.8, 4) is 0 Å². The first-order valence-corrected chi connectivity index (χ1v) is 8.16. The molecule has 0 amide bonds. The van der Waals surface area contributed by atoms with E-state index < -0.39 is 10.0 Å². The summed E-state index contributed by atoms with van der Waals surface area (Å²) in [4.78, 5) is 0. The molecule has 8 heteroatoms. The van der Waals surface area contributed by atoms with Gasteiger partial charge >= 0.3 is 0 Å². The number of piperidine rings is 1. The van der Waals surface area contributed by atoms with Crippen LogP contribution < -0.4 is 5.32 Å². The molecule has 114 valence electrons. The summed E-state index contributed by atoms with van der Waals surface area (Å²) in [6.45, 7) is 3.26. The lowest BCUT2D eigenvalue weighted by Gasteiger charge is -2.30. The molecule has 1 aromatic heterocycles. The normalized spacial score (nSPS) is 18.6. The average Bonchev–Trinajstić information content (AvgIpc) is 2.81. The molecule has 1 fully saturated rings. The van der Waals surface area contributed by atoms with Gasteiger partial charge < -0.3 is 10.1 Å². The molecule has 0 bridgehead atoms. The molecule has 0 aliphatic carbocycles. The zero-order valence-electron chi connectivity index (χ0n) is 12.1. The van der Waals surface area contributed by atoms with Crippen molar-refractivity contribution in [2.24, 2.45) is 0 Å². The number of nitrogens with zero attached hydrogens (tertiary/aromatic N) is 2. The van der Waals surface area contributed by atoms with E-state index in [0.29, 0.717) is 25.2 Å². The second kappa shape index (κ2) is 6.21. The largest absolute Gasteiger partial charge is 0.381 e. The van der Waals surface area contributed by atoms with Crippen LogP contribution in [0, 0.1) is 6.92 Å². The van der Waals surface area contributed by atoms with Crippen LogP contribution in [0.1, 0.15) is 24.1 Å². The maximum atomic E-state index is 12.7. The molecule has 1 aliphatic heterocycles. The van der Waals surface area contributed by atoms with Gasteiger partial charge in [0.15, 0.2) is 5.03 Å². The fourth-order valence-electron chi connectivity index (χ4n) is 2.46. The maximum Gasteiger partial charge on any atom is 0.262 e. The summed E-state index contributed by atoms with van der Waals surface area (Å²) < 4.78 is 32.1. The van der Waals surface area contributed by atoms with E-state index in [1.807, 2.05) is 6.92 Å². The first-order chi connectivity index (χ1) is 9.50. The fraction of sp³-hybridized carbons (Fsp3) is 0.750. The summed E-state index contributed by atoms with van der Waals surface area (Å²) in [5.74, 6) is 0. The fourth-order valence-corrected chi connectivity index (χ4v) is 4.09. The van der Waals surface area contributed by atoms with Crippen molar-refractivity contribution >= 4 is 10.0 Å². The number of aromatic amines is 1. The van der Waals surface area contributed by atoms with Crippen LogP contribution in [0.5, 0.6) is 0 Å². The van der Waals surface area contributed by atoms with Gasteiger partial charge in [0.2, 0.25) is 0 Å². The monoisotopic (exact) mass is 302 g/mol. The second-order valence-corrected chi connectivity index (χ2v) is 6.86. The van der Waals surface area contributed by atoms with Crippen LogP contribution in [0.2, 0.25) is 0 Å². The van der Waals surface area contributed by atoms with E-state index in [4.69, 9.17) is 4.74 Å². The molecule has 20 heavy (non-hydrogen) atoms. The molecule has 0 unspecified atom stereocenters. The topological polar surface area (TPSA) is 87.3 Å². The second-order valence-electron chi connectivity index (χ2n) is 5.00. The number of hydrogen-bond donors (Lipinski definition) is 2. The number of hydrogen-bond acceptors (Lipinski definition) is 5.